The van der Waals surface area contributed by atoms with Crippen molar-refractivity contribution in [3.63, 3.8) is 0 Å². The van der Waals surface area contributed by atoms with E-state index in [1.807, 2.05) is 12.1 Å². The highest BCUT2D eigenvalue weighted by Crippen LogP contribution is 2.15. The molecule has 0 aromatic heterocycles. The molecule has 1 aromatic rings. The van der Waals surface area contributed by atoms with Gasteiger partial charge in [-0.25, -0.2) is 0 Å². The molecule has 19 heavy (non-hydrogen) atoms. The van der Waals surface area contributed by atoms with E-state index >= 15 is 0 Å². The number of ether oxygens (including phenoxy) is 1. The van der Waals surface area contributed by atoms with Gasteiger partial charge in [0.25, 0.3) is 0 Å². The van der Waals surface area contributed by atoms with Crippen LogP contribution >= 0.6 is 0 Å². The van der Waals surface area contributed by atoms with Crippen LogP contribution in [0.15, 0.2) is 24.3 Å². The van der Waals surface area contributed by atoms with E-state index < -0.39 is 0 Å². The van der Waals surface area contributed by atoms with E-state index in [4.69, 9.17) is 10.5 Å². The fourth-order valence-electron chi connectivity index (χ4n) is 2.62. The first-order chi connectivity index (χ1) is 9.28. The summed E-state index contributed by atoms with van der Waals surface area (Å²) in [4.78, 5) is 2.54. The number of nitrogens with zero attached hydrogens (tertiary/aromatic N) is 1. The molecule has 1 saturated heterocycles. The van der Waals surface area contributed by atoms with Gasteiger partial charge in [-0.3, -0.25) is 0 Å². The number of likely N-dealkylation sites (tertiary alicyclic amines) is 1. The SMILES string of the molecule is CC(COc1ccc(CCN)cc1)CN1CCCC1. The quantitative estimate of drug-likeness (QED) is 0.819. The molecule has 3 heteroatoms. The molecule has 0 radical (unpaired) electrons. The summed E-state index contributed by atoms with van der Waals surface area (Å²) in [5.41, 5.74) is 6.82. The lowest BCUT2D eigenvalue weighted by molar-refractivity contribution is 0.206. The first-order valence-electron chi connectivity index (χ1n) is 7.42. The predicted molar refractivity (Wildman–Crippen MR) is 79.5 cm³/mol. The summed E-state index contributed by atoms with van der Waals surface area (Å²) in [6.07, 6.45) is 3.65. The highest BCUT2D eigenvalue weighted by atomic mass is 16.5. The van der Waals surface area contributed by atoms with E-state index in [2.05, 4.69) is 24.0 Å². The molecule has 3 nitrogen and oxygen atoms in total. The molecule has 0 saturated carbocycles. The number of rotatable bonds is 7. The average molecular weight is 262 g/mol. The molecule has 1 unspecified atom stereocenters. The van der Waals surface area contributed by atoms with E-state index in [0.29, 0.717) is 12.5 Å². The highest BCUT2D eigenvalue weighted by molar-refractivity contribution is 5.27. The van der Waals surface area contributed by atoms with Crippen LogP contribution in [0.2, 0.25) is 0 Å². The Hall–Kier alpha value is -1.06. The Balaban J connectivity index is 1.71. The molecular weight excluding hydrogens is 236 g/mol. The maximum atomic E-state index is 5.85. The maximum absolute atomic E-state index is 5.85. The van der Waals surface area contributed by atoms with Crippen molar-refractivity contribution in [1.29, 1.82) is 0 Å². The molecule has 1 aliphatic rings. The molecule has 1 fully saturated rings. The van der Waals surface area contributed by atoms with Gasteiger partial charge >= 0.3 is 0 Å². The Bertz CT molecular complexity index is 358. The molecular formula is C16H26N2O. The van der Waals surface area contributed by atoms with Crippen LogP contribution in [0, 0.1) is 5.92 Å². The van der Waals surface area contributed by atoms with E-state index in [9.17, 15) is 0 Å². The van der Waals surface area contributed by atoms with Gasteiger partial charge in [0.1, 0.15) is 5.75 Å². The van der Waals surface area contributed by atoms with Gasteiger partial charge in [-0.05, 0) is 56.6 Å². The van der Waals surface area contributed by atoms with Crippen molar-refractivity contribution in [2.24, 2.45) is 11.7 Å². The van der Waals surface area contributed by atoms with Crippen molar-refractivity contribution in [3.8, 4) is 5.75 Å². The third kappa shape index (κ3) is 4.84. The van der Waals surface area contributed by atoms with Crippen LogP contribution in [0.5, 0.6) is 5.75 Å². The molecule has 1 aliphatic heterocycles. The maximum Gasteiger partial charge on any atom is 0.119 e. The van der Waals surface area contributed by atoms with E-state index in [1.54, 1.807) is 0 Å². The molecule has 0 aliphatic carbocycles. The van der Waals surface area contributed by atoms with Gasteiger partial charge in [-0.15, -0.1) is 0 Å². The number of hydrogen-bond donors (Lipinski definition) is 1. The minimum atomic E-state index is 0.585. The molecule has 2 N–H and O–H groups in total. The second-order valence-corrected chi connectivity index (χ2v) is 5.61. The Kier molecular flexibility index (Phi) is 5.67. The smallest absolute Gasteiger partial charge is 0.119 e. The van der Waals surface area contributed by atoms with Crippen molar-refractivity contribution in [2.75, 3.05) is 32.8 Å². The third-order valence-electron chi connectivity index (χ3n) is 3.66. The fraction of sp³-hybridized carbons (Fsp3) is 0.625. The van der Waals surface area contributed by atoms with Gasteiger partial charge in [-0.2, -0.15) is 0 Å². The molecule has 0 bridgehead atoms. The summed E-state index contributed by atoms with van der Waals surface area (Å²) in [7, 11) is 0. The van der Waals surface area contributed by atoms with Crippen LogP contribution in [0.4, 0.5) is 0 Å². The van der Waals surface area contributed by atoms with Gasteiger partial charge in [0.2, 0.25) is 0 Å². The predicted octanol–water partition coefficient (Wildman–Crippen LogP) is 2.30. The van der Waals surface area contributed by atoms with E-state index in [1.165, 1.54) is 31.5 Å². The molecule has 1 heterocycles. The highest BCUT2D eigenvalue weighted by Gasteiger charge is 2.14. The summed E-state index contributed by atoms with van der Waals surface area (Å²) < 4.78 is 5.85. The van der Waals surface area contributed by atoms with Crippen molar-refractivity contribution in [3.05, 3.63) is 29.8 Å². The summed E-state index contributed by atoms with van der Waals surface area (Å²) in [5, 5.41) is 0. The fourth-order valence-corrected chi connectivity index (χ4v) is 2.62. The number of nitrogens with two attached hydrogens (primary N) is 1. The van der Waals surface area contributed by atoms with Crippen LogP contribution in [-0.4, -0.2) is 37.7 Å². The number of benzene rings is 1. The standard InChI is InChI=1S/C16H26N2O/c1-14(12-18-10-2-3-11-18)13-19-16-6-4-15(5-7-16)8-9-17/h4-7,14H,2-3,8-13,17H2,1H3. The molecule has 0 amide bonds. The van der Waals surface area contributed by atoms with Crippen LogP contribution < -0.4 is 10.5 Å². The topological polar surface area (TPSA) is 38.5 Å². The second kappa shape index (κ2) is 7.51. The van der Waals surface area contributed by atoms with Gasteiger partial charge in [0, 0.05) is 12.5 Å². The van der Waals surface area contributed by atoms with Crippen molar-refractivity contribution >= 4 is 0 Å². The van der Waals surface area contributed by atoms with Gasteiger partial charge in [0.05, 0.1) is 6.61 Å². The van der Waals surface area contributed by atoms with E-state index in [-0.39, 0.29) is 0 Å². The first-order valence-corrected chi connectivity index (χ1v) is 7.42. The Morgan fingerprint density at radius 2 is 1.89 bits per heavy atom. The molecule has 106 valence electrons. The minimum Gasteiger partial charge on any atom is -0.493 e. The lowest BCUT2D eigenvalue weighted by atomic mass is 10.1. The summed E-state index contributed by atoms with van der Waals surface area (Å²) in [6, 6.07) is 8.31. The molecule has 1 aromatic carbocycles. The monoisotopic (exact) mass is 262 g/mol. The normalized spacial score (nSPS) is 17.6. The Morgan fingerprint density at radius 3 is 2.53 bits per heavy atom. The third-order valence-corrected chi connectivity index (χ3v) is 3.66. The molecule has 1 atom stereocenters. The largest absolute Gasteiger partial charge is 0.493 e. The van der Waals surface area contributed by atoms with Gasteiger partial charge < -0.3 is 15.4 Å². The minimum absolute atomic E-state index is 0.585. The van der Waals surface area contributed by atoms with Crippen LogP contribution in [0.3, 0.4) is 0 Å². The van der Waals surface area contributed by atoms with Crippen molar-refractivity contribution in [1.82, 2.24) is 4.90 Å². The number of hydrogen-bond acceptors (Lipinski definition) is 3. The van der Waals surface area contributed by atoms with Crippen molar-refractivity contribution in [2.45, 2.75) is 26.2 Å². The van der Waals surface area contributed by atoms with Crippen LogP contribution in [0.1, 0.15) is 25.3 Å². The second-order valence-electron chi connectivity index (χ2n) is 5.61. The van der Waals surface area contributed by atoms with Gasteiger partial charge in [0.15, 0.2) is 0 Å². The zero-order valence-electron chi connectivity index (χ0n) is 12.0. The lowest BCUT2D eigenvalue weighted by Crippen LogP contribution is -2.28. The molecule has 0 spiro atoms. The average Bonchev–Trinajstić information content (AvgIpc) is 2.91. The van der Waals surface area contributed by atoms with Crippen LogP contribution in [0.25, 0.3) is 0 Å². The zero-order valence-corrected chi connectivity index (χ0v) is 12.0. The Morgan fingerprint density at radius 1 is 1.21 bits per heavy atom. The summed E-state index contributed by atoms with van der Waals surface area (Å²) in [6.45, 7) is 7.45. The summed E-state index contributed by atoms with van der Waals surface area (Å²) >= 11 is 0. The lowest BCUT2D eigenvalue weighted by Gasteiger charge is -2.20. The molecule has 2 rings (SSSR count). The Labute approximate surface area is 116 Å². The summed E-state index contributed by atoms with van der Waals surface area (Å²) in [5.74, 6) is 1.55. The first kappa shape index (κ1) is 14.4. The van der Waals surface area contributed by atoms with Crippen molar-refractivity contribution < 1.29 is 4.74 Å². The van der Waals surface area contributed by atoms with E-state index in [0.717, 1.165) is 25.3 Å². The van der Waals surface area contributed by atoms with Gasteiger partial charge in [-0.1, -0.05) is 19.1 Å². The zero-order chi connectivity index (χ0) is 13.5. The van der Waals surface area contributed by atoms with Crippen LogP contribution in [-0.2, 0) is 6.42 Å².